The van der Waals surface area contributed by atoms with Gasteiger partial charge in [-0.3, -0.25) is 0 Å². The first-order valence-electron chi connectivity index (χ1n) is 5.72. The molecule has 0 saturated carbocycles. The van der Waals surface area contributed by atoms with E-state index in [-0.39, 0.29) is 18.6 Å². The molecular formula is C13H19NO3. The van der Waals surface area contributed by atoms with Gasteiger partial charge in [0.05, 0.1) is 19.3 Å². The first kappa shape index (κ1) is 13.7. The van der Waals surface area contributed by atoms with Crippen LogP contribution in [0.3, 0.4) is 0 Å². The van der Waals surface area contributed by atoms with Gasteiger partial charge >= 0.3 is 5.97 Å². The van der Waals surface area contributed by atoms with Crippen molar-refractivity contribution in [2.75, 3.05) is 13.7 Å². The zero-order chi connectivity index (χ0) is 12.7. The summed E-state index contributed by atoms with van der Waals surface area (Å²) in [5, 5.41) is 12.3. The summed E-state index contributed by atoms with van der Waals surface area (Å²) < 4.78 is 4.62. The molecule has 0 aliphatic rings. The minimum Gasteiger partial charge on any atom is -0.465 e. The molecule has 4 nitrogen and oxygen atoms in total. The molecule has 1 atom stereocenters. The van der Waals surface area contributed by atoms with Crippen LogP contribution in [0.2, 0.25) is 0 Å². The van der Waals surface area contributed by atoms with E-state index in [2.05, 4.69) is 10.1 Å². The number of nitrogens with one attached hydrogen (secondary N) is 1. The number of aliphatic hydroxyl groups is 1. The summed E-state index contributed by atoms with van der Waals surface area (Å²) in [5.41, 5.74) is 1.62. The summed E-state index contributed by atoms with van der Waals surface area (Å²) in [5.74, 6) is -0.327. The van der Waals surface area contributed by atoms with E-state index in [9.17, 15) is 4.79 Å². The molecule has 2 N–H and O–H groups in total. The summed E-state index contributed by atoms with van der Waals surface area (Å²) in [6, 6.07) is 7.35. The normalized spacial score (nSPS) is 12.2. The molecule has 0 unspecified atom stereocenters. The molecular weight excluding hydrogens is 218 g/mol. The van der Waals surface area contributed by atoms with E-state index in [1.54, 1.807) is 12.1 Å². The molecule has 1 rings (SSSR count). The van der Waals surface area contributed by atoms with Crippen molar-refractivity contribution in [2.24, 2.45) is 0 Å². The van der Waals surface area contributed by atoms with Crippen molar-refractivity contribution in [3.63, 3.8) is 0 Å². The third kappa shape index (κ3) is 4.17. The molecule has 0 spiro atoms. The number of benzene rings is 1. The molecule has 17 heavy (non-hydrogen) atoms. The van der Waals surface area contributed by atoms with Gasteiger partial charge in [0, 0.05) is 12.6 Å². The van der Waals surface area contributed by atoms with E-state index in [1.165, 1.54) is 7.11 Å². The predicted octanol–water partition coefficient (Wildman–Crippen LogP) is 1.33. The topological polar surface area (TPSA) is 58.6 Å². The van der Waals surface area contributed by atoms with Crippen LogP contribution in [-0.2, 0) is 11.3 Å². The van der Waals surface area contributed by atoms with Gasteiger partial charge < -0.3 is 15.2 Å². The highest BCUT2D eigenvalue weighted by atomic mass is 16.5. The van der Waals surface area contributed by atoms with Crippen molar-refractivity contribution in [1.29, 1.82) is 0 Å². The second-order valence-corrected chi connectivity index (χ2v) is 3.86. The fraction of sp³-hybridized carbons (Fsp3) is 0.462. The monoisotopic (exact) mass is 237 g/mol. The molecule has 1 aromatic carbocycles. The van der Waals surface area contributed by atoms with Crippen molar-refractivity contribution in [3.05, 3.63) is 35.4 Å². The van der Waals surface area contributed by atoms with Crippen molar-refractivity contribution in [1.82, 2.24) is 5.32 Å². The lowest BCUT2D eigenvalue weighted by Crippen LogP contribution is -2.31. The first-order valence-corrected chi connectivity index (χ1v) is 5.72. The van der Waals surface area contributed by atoms with Gasteiger partial charge in [-0.2, -0.15) is 0 Å². The number of rotatable bonds is 6. The number of ether oxygens (including phenoxy) is 1. The lowest BCUT2D eigenvalue weighted by Gasteiger charge is -2.13. The van der Waals surface area contributed by atoms with Crippen LogP contribution in [0.5, 0.6) is 0 Å². The molecule has 0 saturated heterocycles. The lowest BCUT2D eigenvalue weighted by molar-refractivity contribution is 0.0600. The number of carbonyl (C=O) groups is 1. The molecule has 0 aromatic heterocycles. The summed E-state index contributed by atoms with van der Waals surface area (Å²) in [4.78, 5) is 11.2. The molecule has 94 valence electrons. The first-order chi connectivity index (χ1) is 8.21. The van der Waals surface area contributed by atoms with Gasteiger partial charge in [0.15, 0.2) is 0 Å². The molecule has 0 bridgehead atoms. The fourth-order valence-corrected chi connectivity index (χ4v) is 1.48. The Morgan fingerprint density at radius 2 is 2.06 bits per heavy atom. The van der Waals surface area contributed by atoms with E-state index in [4.69, 9.17) is 5.11 Å². The highest BCUT2D eigenvalue weighted by Crippen LogP contribution is 2.06. The standard InChI is InChI=1S/C13H19NO3/c1-3-12(9-15)14-8-10-4-6-11(7-5-10)13(16)17-2/h4-7,12,14-15H,3,8-9H2,1-2H3/t12-/m1/s1. The van der Waals surface area contributed by atoms with Gasteiger partial charge in [-0.25, -0.2) is 4.79 Å². The Bertz CT molecular complexity index is 344. The Morgan fingerprint density at radius 1 is 1.41 bits per heavy atom. The number of aliphatic hydroxyl groups excluding tert-OH is 1. The summed E-state index contributed by atoms with van der Waals surface area (Å²) in [6.07, 6.45) is 0.886. The summed E-state index contributed by atoms with van der Waals surface area (Å²) in [7, 11) is 1.37. The molecule has 0 heterocycles. The summed E-state index contributed by atoms with van der Waals surface area (Å²) >= 11 is 0. The van der Waals surface area contributed by atoms with Gasteiger partial charge in [0.25, 0.3) is 0 Å². The van der Waals surface area contributed by atoms with Gasteiger partial charge in [-0.15, -0.1) is 0 Å². The number of carbonyl (C=O) groups excluding carboxylic acids is 1. The van der Waals surface area contributed by atoms with Crippen LogP contribution in [0.15, 0.2) is 24.3 Å². The average molecular weight is 237 g/mol. The van der Waals surface area contributed by atoms with E-state index in [0.29, 0.717) is 12.1 Å². The zero-order valence-electron chi connectivity index (χ0n) is 10.3. The Labute approximate surface area is 102 Å². The van der Waals surface area contributed by atoms with Gasteiger partial charge in [0.1, 0.15) is 0 Å². The maximum Gasteiger partial charge on any atom is 0.337 e. The van der Waals surface area contributed by atoms with Gasteiger partial charge in [0.2, 0.25) is 0 Å². The van der Waals surface area contributed by atoms with Crippen molar-refractivity contribution >= 4 is 5.97 Å². The van der Waals surface area contributed by atoms with Crippen LogP contribution in [0.1, 0.15) is 29.3 Å². The molecule has 0 aliphatic carbocycles. The van der Waals surface area contributed by atoms with Crippen LogP contribution in [-0.4, -0.2) is 30.8 Å². The van der Waals surface area contributed by atoms with Gasteiger partial charge in [-0.1, -0.05) is 19.1 Å². The maximum atomic E-state index is 11.2. The van der Waals surface area contributed by atoms with Crippen LogP contribution in [0, 0.1) is 0 Å². The second kappa shape index (κ2) is 7.04. The minimum atomic E-state index is -0.327. The van der Waals surface area contributed by atoms with Crippen LogP contribution in [0.4, 0.5) is 0 Å². The Morgan fingerprint density at radius 3 is 2.53 bits per heavy atom. The number of methoxy groups -OCH3 is 1. The second-order valence-electron chi connectivity index (χ2n) is 3.86. The molecule has 1 aromatic rings. The zero-order valence-corrected chi connectivity index (χ0v) is 10.3. The van der Waals surface area contributed by atoms with Crippen molar-refractivity contribution in [2.45, 2.75) is 25.9 Å². The number of hydrogen-bond acceptors (Lipinski definition) is 4. The Kier molecular flexibility index (Phi) is 5.66. The van der Waals surface area contributed by atoms with E-state index in [0.717, 1.165) is 12.0 Å². The largest absolute Gasteiger partial charge is 0.465 e. The van der Waals surface area contributed by atoms with Crippen molar-refractivity contribution < 1.29 is 14.6 Å². The van der Waals surface area contributed by atoms with Crippen LogP contribution < -0.4 is 5.32 Å². The predicted molar refractivity (Wildman–Crippen MR) is 65.8 cm³/mol. The quantitative estimate of drug-likeness (QED) is 0.733. The molecule has 0 amide bonds. The Hall–Kier alpha value is -1.39. The molecule has 4 heteroatoms. The third-order valence-corrected chi connectivity index (χ3v) is 2.68. The van der Waals surface area contributed by atoms with E-state index in [1.807, 2.05) is 19.1 Å². The maximum absolute atomic E-state index is 11.2. The van der Waals surface area contributed by atoms with E-state index < -0.39 is 0 Å². The average Bonchev–Trinajstić information content (AvgIpc) is 2.39. The number of hydrogen-bond donors (Lipinski definition) is 2. The molecule has 0 radical (unpaired) electrons. The van der Waals surface area contributed by atoms with Crippen LogP contribution >= 0.6 is 0 Å². The van der Waals surface area contributed by atoms with Crippen molar-refractivity contribution in [3.8, 4) is 0 Å². The number of esters is 1. The smallest absolute Gasteiger partial charge is 0.337 e. The van der Waals surface area contributed by atoms with E-state index >= 15 is 0 Å². The fourth-order valence-electron chi connectivity index (χ4n) is 1.48. The summed E-state index contributed by atoms with van der Waals surface area (Å²) in [6.45, 7) is 2.84. The molecule has 0 aliphatic heterocycles. The third-order valence-electron chi connectivity index (χ3n) is 2.68. The SMILES string of the molecule is CC[C@H](CO)NCc1ccc(C(=O)OC)cc1. The minimum absolute atomic E-state index is 0.121. The highest BCUT2D eigenvalue weighted by molar-refractivity contribution is 5.89. The van der Waals surface area contributed by atoms with Gasteiger partial charge in [-0.05, 0) is 24.1 Å². The lowest BCUT2D eigenvalue weighted by atomic mass is 10.1. The van der Waals surface area contributed by atoms with Crippen LogP contribution in [0.25, 0.3) is 0 Å². The molecule has 0 fully saturated rings. The highest BCUT2D eigenvalue weighted by Gasteiger charge is 2.06. The Balaban J connectivity index is 2.53.